The fourth-order valence-electron chi connectivity index (χ4n) is 1.59. The molecule has 0 aliphatic rings. The third-order valence-electron chi connectivity index (χ3n) is 2.90. The van der Waals surface area contributed by atoms with Crippen LogP contribution in [0.25, 0.3) is 6.08 Å². The number of nitrogens with zero attached hydrogens (tertiary/aromatic N) is 2. The first-order valence-corrected chi connectivity index (χ1v) is 6.02. The Kier molecular flexibility index (Phi) is 5.09. The van der Waals surface area contributed by atoms with Crippen molar-refractivity contribution in [3.8, 4) is 0 Å². The number of hydrogen-bond acceptors (Lipinski definition) is 3. The number of aromatic nitrogens is 2. The molecule has 0 bridgehead atoms. The molecule has 0 radical (unpaired) electrons. The fourth-order valence-corrected chi connectivity index (χ4v) is 1.59. The molecule has 0 aliphatic carbocycles. The number of aryl methyl sites for hydroxylation is 2. The van der Waals surface area contributed by atoms with E-state index < -0.39 is 0 Å². The van der Waals surface area contributed by atoms with Gasteiger partial charge in [0.2, 0.25) is 5.91 Å². The molecule has 0 fully saturated rings. The van der Waals surface area contributed by atoms with E-state index in [1.54, 1.807) is 10.8 Å². The van der Waals surface area contributed by atoms with Gasteiger partial charge in [-0.25, -0.2) is 0 Å². The summed E-state index contributed by atoms with van der Waals surface area (Å²) in [7, 11) is 1.88. The predicted molar refractivity (Wildman–Crippen MR) is 71.0 cm³/mol. The third-order valence-corrected chi connectivity index (χ3v) is 2.90. The van der Waals surface area contributed by atoms with Crippen molar-refractivity contribution in [1.82, 2.24) is 15.1 Å². The molecule has 0 saturated carbocycles. The molecule has 5 nitrogen and oxygen atoms in total. The van der Waals surface area contributed by atoms with E-state index in [0.717, 1.165) is 17.0 Å². The minimum atomic E-state index is -0.155. The summed E-state index contributed by atoms with van der Waals surface area (Å²) in [6.45, 7) is 6.30. The molecular weight excluding hydrogens is 230 g/mol. The third kappa shape index (κ3) is 3.70. The number of rotatable bonds is 5. The van der Waals surface area contributed by atoms with E-state index in [1.807, 2.05) is 27.8 Å². The molecule has 1 amide bonds. The van der Waals surface area contributed by atoms with Crippen LogP contribution in [0.5, 0.6) is 0 Å². The number of carbonyl (C=O) groups is 1. The second-order valence-electron chi connectivity index (χ2n) is 4.57. The number of hydrogen-bond donors (Lipinski definition) is 2. The van der Waals surface area contributed by atoms with Crippen LogP contribution in [0.1, 0.15) is 23.9 Å². The predicted octanol–water partition coefficient (Wildman–Crippen LogP) is 0.795. The normalized spacial score (nSPS) is 12.9. The van der Waals surface area contributed by atoms with Crippen LogP contribution in [0.3, 0.4) is 0 Å². The van der Waals surface area contributed by atoms with Gasteiger partial charge in [-0.2, -0.15) is 5.10 Å². The summed E-state index contributed by atoms with van der Waals surface area (Å²) >= 11 is 0. The van der Waals surface area contributed by atoms with Crippen molar-refractivity contribution in [3.05, 3.63) is 23.0 Å². The van der Waals surface area contributed by atoms with Crippen LogP contribution in [0, 0.1) is 19.8 Å². The zero-order valence-electron chi connectivity index (χ0n) is 11.4. The summed E-state index contributed by atoms with van der Waals surface area (Å²) < 4.78 is 1.79. The van der Waals surface area contributed by atoms with Crippen LogP contribution in [-0.2, 0) is 11.8 Å². The van der Waals surface area contributed by atoms with Crippen LogP contribution in [0.15, 0.2) is 6.08 Å². The monoisotopic (exact) mass is 251 g/mol. The minimum Gasteiger partial charge on any atom is -0.396 e. The van der Waals surface area contributed by atoms with Gasteiger partial charge in [-0.15, -0.1) is 0 Å². The highest BCUT2D eigenvalue weighted by Crippen LogP contribution is 2.13. The van der Waals surface area contributed by atoms with E-state index in [-0.39, 0.29) is 18.4 Å². The maximum absolute atomic E-state index is 11.6. The van der Waals surface area contributed by atoms with E-state index in [1.165, 1.54) is 6.08 Å². The van der Waals surface area contributed by atoms with Crippen LogP contribution in [0.4, 0.5) is 0 Å². The second kappa shape index (κ2) is 6.35. The highest BCUT2D eigenvalue weighted by Gasteiger charge is 2.06. The van der Waals surface area contributed by atoms with Gasteiger partial charge < -0.3 is 10.4 Å². The van der Waals surface area contributed by atoms with Gasteiger partial charge in [-0.1, -0.05) is 6.92 Å². The first-order valence-electron chi connectivity index (χ1n) is 6.02. The lowest BCUT2D eigenvalue weighted by molar-refractivity contribution is -0.116. The van der Waals surface area contributed by atoms with Gasteiger partial charge in [-0.3, -0.25) is 9.48 Å². The van der Waals surface area contributed by atoms with Gasteiger partial charge >= 0.3 is 0 Å². The minimum absolute atomic E-state index is 0.0733. The Balaban J connectivity index is 2.61. The summed E-state index contributed by atoms with van der Waals surface area (Å²) in [6, 6.07) is 0. The number of nitrogens with one attached hydrogen (secondary N) is 1. The smallest absolute Gasteiger partial charge is 0.244 e. The first kappa shape index (κ1) is 14.4. The van der Waals surface area contributed by atoms with E-state index in [9.17, 15) is 4.79 Å². The molecule has 2 N–H and O–H groups in total. The molecular formula is C13H21N3O2. The van der Waals surface area contributed by atoms with Gasteiger partial charge in [-0.05, 0) is 25.8 Å². The molecule has 1 atom stereocenters. The fraction of sp³-hybridized carbons (Fsp3) is 0.538. The maximum atomic E-state index is 11.6. The first-order chi connectivity index (χ1) is 8.45. The quantitative estimate of drug-likeness (QED) is 0.760. The van der Waals surface area contributed by atoms with E-state index in [2.05, 4.69) is 10.4 Å². The molecule has 0 spiro atoms. The number of aliphatic hydroxyl groups is 1. The Labute approximate surface area is 108 Å². The van der Waals surface area contributed by atoms with Gasteiger partial charge in [0.25, 0.3) is 0 Å². The lowest BCUT2D eigenvalue weighted by Gasteiger charge is -2.07. The van der Waals surface area contributed by atoms with Crippen LogP contribution in [-0.4, -0.2) is 33.9 Å². The molecule has 1 rings (SSSR count). The molecule has 0 aromatic carbocycles. The van der Waals surface area contributed by atoms with Crippen LogP contribution >= 0.6 is 0 Å². The Morgan fingerprint density at radius 2 is 2.22 bits per heavy atom. The Hall–Kier alpha value is -1.62. The topological polar surface area (TPSA) is 67.2 Å². The van der Waals surface area contributed by atoms with E-state index in [4.69, 9.17) is 5.11 Å². The average molecular weight is 251 g/mol. The molecule has 0 aliphatic heterocycles. The second-order valence-corrected chi connectivity index (χ2v) is 4.57. The number of aliphatic hydroxyl groups excluding tert-OH is 1. The number of amides is 1. The summed E-state index contributed by atoms with van der Waals surface area (Å²) in [6.07, 6.45) is 3.28. The van der Waals surface area contributed by atoms with E-state index >= 15 is 0 Å². The molecule has 0 saturated heterocycles. The summed E-state index contributed by atoms with van der Waals surface area (Å²) in [5.41, 5.74) is 2.91. The standard InChI is InChI=1S/C13H21N3O2/c1-9(8-17)7-14-13(18)6-5-12-10(2)15-16(4)11(12)3/h5-6,9,17H,7-8H2,1-4H3,(H,14,18). The van der Waals surface area contributed by atoms with Gasteiger partial charge in [0, 0.05) is 37.5 Å². The number of carbonyl (C=O) groups excluding carboxylic acids is 1. The summed E-state index contributed by atoms with van der Waals surface area (Å²) in [5, 5.41) is 15.9. The molecule has 100 valence electrons. The SMILES string of the molecule is Cc1nn(C)c(C)c1C=CC(=O)NCC(C)CO. The highest BCUT2D eigenvalue weighted by atomic mass is 16.3. The lowest BCUT2D eigenvalue weighted by atomic mass is 10.2. The average Bonchev–Trinajstić information content (AvgIpc) is 2.58. The maximum Gasteiger partial charge on any atom is 0.244 e. The summed E-state index contributed by atoms with van der Waals surface area (Å²) in [5.74, 6) is -0.0813. The molecule has 1 unspecified atom stereocenters. The van der Waals surface area contributed by atoms with Crippen molar-refractivity contribution in [1.29, 1.82) is 0 Å². The largest absolute Gasteiger partial charge is 0.396 e. The van der Waals surface area contributed by atoms with Gasteiger partial charge in [0.15, 0.2) is 0 Å². The zero-order valence-corrected chi connectivity index (χ0v) is 11.4. The Morgan fingerprint density at radius 3 is 2.72 bits per heavy atom. The van der Waals surface area contributed by atoms with Crippen molar-refractivity contribution in [2.45, 2.75) is 20.8 Å². The molecule has 5 heteroatoms. The van der Waals surface area contributed by atoms with Crippen molar-refractivity contribution in [3.63, 3.8) is 0 Å². The lowest BCUT2D eigenvalue weighted by Crippen LogP contribution is -2.27. The molecule has 1 heterocycles. The zero-order chi connectivity index (χ0) is 13.7. The van der Waals surface area contributed by atoms with Crippen molar-refractivity contribution in [2.75, 3.05) is 13.2 Å². The van der Waals surface area contributed by atoms with Crippen molar-refractivity contribution >= 4 is 12.0 Å². The van der Waals surface area contributed by atoms with Gasteiger partial charge in [0.05, 0.1) is 5.69 Å². The molecule has 1 aromatic heterocycles. The Bertz CT molecular complexity index is 449. The molecule has 18 heavy (non-hydrogen) atoms. The molecule has 1 aromatic rings. The van der Waals surface area contributed by atoms with Crippen molar-refractivity contribution in [2.24, 2.45) is 13.0 Å². The summed E-state index contributed by atoms with van der Waals surface area (Å²) in [4.78, 5) is 11.6. The van der Waals surface area contributed by atoms with Gasteiger partial charge in [0.1, 0.15) is 0 Å². The van der Waals surface area contributed by atoms with Crippen LogP contribution in [0.2, 0.25) is 0 Å². The highest BCUT2D eigenvalue weighted by molar-refractivity contribution is 5.91. The van der Waals surface area contributed by atoms with Crippen molar-refractivity contribution < 1.29 is 9.90 Å². The Morgan fingerprint density at radius 1 is 1.56 bits per heavy atom. The van der Waals surface area contributed by atoms with Crippen LogP contribution < -0.4 is 5.32 Å². The van der Waals surface area contributed by atoms with E-state index in [0.29, 0.717) is 6.54 Å².